The molecule has 2 aromatic rings. The number of hydrogen-bond donors (Lipinski definition) is 3. The van der Waals surface area contributed by atoms with Gasteiger partial charge in [0.05, 0.1) is 6.20 Å². The molecule has 0 radical (unpaired) electrons. The molecule has 0 aliphatic rings. The number of imidazole rings is 1. The van der Waals surface area contributed by atoms with Crippen molar-refractivity contribution in [2.75, 3.05) is 10.6 Å². The zero-order valence-electron chi connectivity index (χ0n) is 12.2. The number of benzene rings is 1. The second-order valence-corrected chi connectivity index (χ2v) is 4.37. The number of amides is 2. The third-order valence-electron chi connectivity index (χ3n) is 2.59. The summed E-state index contributed by atoms with van der Waals surface area (Å²) in [5.74, 6) is 0.0139. The van der Waals surface area contributed by atoms with Crippen molar-refractivity contribution in [3.05, 3.63) is 30.5 Å². The maximum absolute atomic E-state index is 12.0. The van der Waals surface area contributed by atoms with E-state index < -0.39 is 18.8 Å². The van der Waals surface area contributed by atoms with E-state index in [-0.39, 0.29) is 17.6 Å². The van der Waals surface area contributed by atoms with E-state index in [9.17, 15) is 18.4 Å². The van der Waals surface area contributed by atoms with Gasteiger partial charge in [-0.15, -0.1) is 0 Å². The molecule has 0 unspecified atom stereocenters. The smallest absolute Gasteiger partial charge is 0.449 e. The highest BCUT2D eigenvalue weighted by Crippen LogP contribution is 2.18. The summed E-state index contributed by atoms with van der Waals surface area (Å²) in [6, 6.07) is 4.38. The Morgan fingerprint density at radius 1 is 1.25 bits per heavy atom. The van der Waals surface area contributed by atoms with Crippen LogP contribution in [-0.4, -0.2) is 33.5 Å². The van der Waals surface area contributed by atoms with Gasteiger partial charge in [-0.1, -0.05) is 0 Å². The molecule has 9 nitrogen and oxygen atoms in total. The third kappa shape index (κ3) is 4.83. The van der Waals surface area contributed by atoms with Gasteiger partial charge in [0.2, 0.25) is 0 Å². The van der Waals surface area contributed by atoms with Crippen LogP contribution in [0.3, 0.4) is 0 Å². The summed E-state index contributed by atoms with van der Waals surface area (Å²) < 4.78 is 33.9. The predicted octanol–water partition coefficient (Wildman–Crippen LogP) is 2.72. The van der Waals surface area contributed by atoms with Gasteiger partial charge in [0.25, 0.3) is 0 Å². The third-order valence-corrected chi connectivity index (χ3v) is 2.59. The van der Waals surface area contributed by atoms with E-state index in [4.69, 9.17) is 5.11 Å². The summed E-state index contributed by atoms with van der Waals surface area (Å²) >= 11 is 0. The number of halogens is 2. The van der Waals surface area contributed by atoms with Crippen LogP contribution < -0.4 is 20.1 Å². The summed E-state index contributed by atoms with van der Waals surface area (Å²) in [6.07, 6.45) is -0.192. The zero-order chi connectivity index (χ0) is 17.7. The number of hydrogen-bond acceptors (Lipinski definition) is 5. The summed E-state index contributed by atoms with van der Waals surface area (Å²) in [5.41, 5.74) is 0.326. The minimum absolute atomic E-state index is 0.0452. The van der Waals surface area contributed by atoms with Crippen molar-refractivity contribution in [1.29, 1.82) is 0 Å². The summed E-state index contributed by atoms with van der Waals surface area (Å²) in [4.78, 5) is 26.0. The first-order valence-electron chi connectivity index (χ1n) is 6.40. The molecule has 2 amide bonds. The molecule has 0 aliphatic carbocycles. The molecule has 0 saturated carbocycles. The summed E-state index contributed by atoms with van der Waals surface area (Å²) in [7, 11) is 1.48. The summed E-state index contributed by atoms with van der Waals surface area (Å²) in [6.45, 7) is -2.93. The van der Waals surface area contributed by atoms with Crippen LogP contribution in [0.15, 0.2) is 30.5 Å². The number of urea groups is 1. The number of carboxylic acid groups (broad SMARTS) is 1. The predicted molar refractivity (Wildman–Crippen MR) is 77.6 cm³/mol. The standard InChI is InChI=1S/C13H12F2N4O5/c1-19-6-9(18-12(19)24-13(21)22)17-11(20)16-7-2-4-8(5-3-7)23-10(14)15/h2-6,10H,1H3,(H,21,22)(H2,16,17,20). The van der Waals surface area contributed by atoms with Crippen molar-refractivity contribution in [3.8, 4) is 11.8 Å². The first-order chi connectivity index (χ1) is 11.3. The Bertz CT molecular complexity index is 732. The largest absolute Gasteiger partial charge is 0.513 e. The first-order valence-corrected chi connectivity index (χ1v) is 6.40. The monoisotopic (exact) mass is 342 g/mol. The second-order valence-electron chi connectivity index (χ2n) is 4.37. The fourth-order valence-electron chi connectivity index (χ4n) is 1.68. The molecular formula is C13H12F2N4O5. The van der Waals surface area contributed by atoms with Crippen molar-refractivity contribution < 1.29 is 33.0 Å². The molecule has 0 aliphatic heterocycles. The van der Waals surface area contributed by atoms with E-state index >= 15 is 0 Å². The molecule has 2 rings (SSSR count). The van der Waals surface area contributed by atoms with Crippen molar-refractivity contribution in [1.82, 2.24) is 9.55 Å². The number of carbonyl (C=O) groups is 2. The van der Waals surface area contributed by atoms with Crippen molar-refractivity contribution in [2.24, 2.45) is 7.05 Å². The lowest BCUT2D eigenvalue weighted by atomic mass is 10.3. The Balaban J connectivity index is 1.94. The van der Waals surface area contributed by atoms with Crippen LogP contribution in [0, 0.1) is 0 Å². The second kappa shape index (κ2) is 7.26. The number of carbonyl (C=O) groups excluding carboxylic acids is 1. The number of ether oxygens (including phenoxy) is 2. The van der Waals surface area contributed by atoms with E-state index in [1.54, 1.807) is 0 Å². The molecule has 1 aromatic heterocycles. The minimum Gasteiger partial charge on any atom is -0.449 e. The highest BCUT2D eigenvalue weighted by Gasteiger charge is 2.12. The maximum atomic E-state index is 12.0. The van der Waals surface area contributed by atoms with Crippen molar-refractivity contribution >= 4 is 23.7 Å². The van der Waals surface area contributed by atoms with Gasteiger partial charge < -0.3 is 24.5 Å². The molecule has 0 fully saturated rings. The van der Waals surface area contributed by atoms with Crippen LogP contribution in [0.5, 0.6) is 11.8 Å². The SMILES string of the molecule is Cn1cc(NC(=O)Nc2ccc(OC(F)F)cc2)nc1OC(=O)O. The quantitative estimate of drug-likeness (QED) is 0.720. The molecule has 0 saturated heterocycles. The zero-order valence-corrected chi connectivity index (χ0v) is 12.2. The molecule has 3 N–H and O–H groups in total. The number of nitrogens with one attached hydrogen (secondary N) is 2. The van der Waals surface area contributed by atoms with Gasteiger partial charge in [0, 0.05) is 12.7 Å². The van der Waals surface area contributed by atoms with Crippen LogP contribution in [0.2, 0.25) is 0 Å². The van der Waals surface area contributed by atoms with Gasteiger partial charge >= 0.3 is 24.8 Å². The molecule has 0 bridgehead atoms. The fourth-order valence-corrected chi connectivity index (χ4v) is 1.68. The molecule has 128 valence electrons. The lowest BCUT2D eigenvalue weighted by Crippen LogP contribution is -2.19. The fraction of sp³-hybridized carbons (Fsp3) is 0.154. The molecule has 0 atom stereocenters. The lowest BCUT2D eigenvalue weighted by molar-refractivity contribution is -0.0498. The Morgan fingerprint density at radius 2 is 1.92 bits per heavy atom. The van der Waals surface area contributed by atoms with Crippen molar-refractivity contribution in [3.63, 3.8) is 0 Å². The normalized spacial score (nSPS) is 10.3. The van der Waals surface area contributed by atoms with E-state index in [1.165, 1.54) is 42.1 Å². The Morgan fingerprint density at radius 3 is 2.50 bits per heavy atom. The molecule has 1 heterocycles. The Hall–Kier alpha value is -3.37. The molecule has 24 heavy (non-hydrogen) atoms. The number of anilines is 2. The van der Waals surface area contributed by atoms with E-state index in [2.05, 4.69) is 25.1 Å². The number of rotatable bonds is 5. The van der Waals surface area contributed by atoms with Crippen LogP contribution in [0.4, 0.5) is 29.9 Å². The molecule has 1 aromatic carbocycles. The number of alkyl halides is 2. The molecule has 0 spiro atoms. The lowest BCUT2D eigenvalue weighted by Gasteiger charge is -2.07. The average Bonchev–Trinajstić information content (AvgIpc) is 2.79. The van der Waals surface area contributed by atoms with E-state index in [0.29, 0.717) is 5.69 Å². The molecular weight excluding hydrogens is 330 g/mol. The Kier molecular flexibility index (Phi) is 5.14. The first kappa shape index (κ1) is 17.0. The number of aryl methyl sites for hydroxylation is 1. The highest BCUT2D eigenvalue weighted by atomic mass is 19.3. The van der Waals surface area contributed by atoms with Crippen LogP contribution >= 0.6 is 0 Å². The van der Waals surface area contributed by atoms with Gasteiger partial charge in [-0.25, -0.2) is 9.59 Å². The van der Waals surface area contributed by atoms with Gasteiger partial charge in [-0.3, -0.25) is 5.32 Å². The van der Waals surface area contributed by atoms with E-state index in [1.807, 2.05) is 0 Å². The minimum atomic E-state index is -2.93. The van der Waals surface area contributed by atoms with Gasteiger partial charge in [0.1, 0.15) is 5.75 Å². The Labute approximate surface area is 133 Å². The van der Waals surface area contributed by atoms with Crippen LogP contribution in [-0.2, 0) is 7.05 Å². The van der Waals surface area contributed by atoms with Crippen molar-refractivity contribution in [2.45, 2.75) is 6.61 Å². The summed E-state index contributed by atoms with van der Waals surface area (Å²) in [5, 5.41) is 13.3. The van der Waals surface area contributed by atoms with Crippen LogP contribution in [0.25, 0.3) is 0 Å². The number of nitrogens with zero attached hydrogens (tertiary/aromatic N) is 2. The number of aromatic nitrogens is 2. The van der Waals surface area contributed by atoms with E-state index in [0.717, 1.165) is 0 Å². The van der Waals surface area contributed by atoms with Gasteiger partial charge in [-0.2, -0.15) is 13.8 Å². The maximum Gasteiger partial charge on any atom is 0.513 e. The highest BCUT2D eigenvalue weighted by molar-refractivity contribution is 5.99. The topological polar surface area (TPSA) is 115 Å². The molecule has 11 heteroatoms. The average molecular weight is 342 g/mol. The van der Waals surface area contributed by atoms with Gasteiger partial charge in [0.15, 0.2) is 5.82 Å². The van der Waals surface area contributed by atoms with Crippen LogP contribution in [0.1, 0.15) is 0 Å². The van der Waals surface area contributed by atoms with Gasteiger partial charge in [-0.05, 0) is 24.3 Å².